The molecule has 2 aromatic carbocycles. The fourth-order valence-corrected chi connectivity index (χ4v) is 2.51. The van der Waals surface area contributed by atoms with Gasteiger partial charge in [0.25, 0.3) is 0 Å². The lowest BCUT2D eigenvalue weighted by atomic mass is 10.1. The van der Waals surface area contributed by atoms with E-state index in [9.17, 15) is 4.79 Å². The van der Waals surface area contributed by atoms with Crippen LogP contribution in [0.5, 0.6) is 5.75 Å². The molecular formula is C19H15ClO3. The Kier molecular flexibility index (Phi) is 4.22. The molecule has 0 saturated carbocycles. The molecule has 3 rings (SSSR count). The molecule has 3 aromatic rings. The summed E-state index contributed by atoms with van der Waals surface area (Å²) in [7, 11) is 0. The maximum Gasteiger partial charge on any atom is 0.211 e. The first-order valence-corrected chi connectivity index (χ1v) is 7.52. The average molecular weight is 327 g/mol. The zero-order valence-corrected chi connectivity index (χ0v) is 13.4. The first kappa shape index (κ1) is 15.4. The van der Waals surface area contributed by atoms with E-state index in [0.29, 0.717) is 23.3 Å². The third-order valence-corrected chi connectivity index (χ3v) is 3.97. The van der Waals surface area contributed by atoms with Gasteiger partial charge in [0.05, 0.1) is 5.39 Å². The molecule has 0 aliphatic carbocycles. The van der Waals surface area contributed by atoms with Gasteiger partial charge in [0.15, 0.2) is 0 Å². The van der Waals surface area contributed by atoms with E-state index in [1.807, 2.05) is 31.2 Å². The molecule has 0 spiro atoms. The third kappa shape index (κ3) is 3.01. The van der Waals surface area contributed by atoms with E-state index >= 15 is 0 Å². The van der Waals surface area contributed by atoms with Crippen molar-refractivity contribution in [3.8, 4) is 5.75 Å². The van der Waals surface area contributed by atoms with Crippen molar-refractivity contribution < 1.29 is 9.15 Å². The smallest absolute Gasteiger partial charge is 0.211 e. The van der Waals surface area contributed by atoms with Crippen LogP contribution in [-0.4, -0.2) is 0 Å². The number of hydrogen-bond donors (Lipinski definition) is 0. The molecule has 1 aromatic heterocycles. The summed E-state index contributed by atoms with van der Waals surface area (Å²) in [6.45, 7) is 6.02. The molecule has 0 atom stereocenters. The Hall–Kier alpha value is -2.52. The second-order valence-corrected chi connectivity index (χ2v) is 5.62. The molecule has 0 aliphatic rings. The molecule has 1 heterocycles. The normalized spacial score (nSPS) is 10.7. The summed E-state index contributed by atoms with van der Waals surface area (Å²) in [5.74, 6) is 0.677. The Morgan fingerprint density at radius 3 is 2.65 bits per heavy atom. The molecule has 0 fully saturated rings. The molecule has 23 heavy (non-hydrogen) atoms. The van der Waals surface area contributed by atoms with Crippen LogP contribution in [0.25, 0.3) is 17.0 Å². The highest BCUT2D eigenvalue weighted by Gasteiger charge is 2.11. The number of ether oxygens (including phenoxy) is 1. The highest BCUT2D eigenvalue weighted by atomic mass is 35.5. The van der Waals surface area contributed by atoms with Gasteiger partial charge >= 0.3 is 0 Å². The predicted molar refractivity (Wildman–Crippen MR) is 93.1 cm³/mol. The van der Waals surface area contributed by atoms with Gasteiger partial charge in [-0.25, -0.2) is 0 Å². The topological polar surface area (TPSA) is 39.4 Å². The van der Waals surface area contributed by atoms with Crippen LogP contribution in [0.4, 0.5) is 0 Å². The van der Waals surface area contributed by atoms with Crippen molar-refractivity contribution in [2.24, 2.45) is 0 Å². The molecule has 4 heteroatoms. The Balaban J connectivity index is 1.88. The van der Waals surface area contributed by atoms with Crippen LogP contribution in [-0.2, 0) is 6.61 Å². The van der Waals surface area contributed by atoms with E-state index in [1.54, 1.807) is 18.2 Å². The minimum atomic E-state index is -0.234. The highest BCUT2D eigenvalue weighted by Crippen LogP contribution is 2.27. The van der Waals surface area contributed by atoms with E-state index in [2.05, 4.69) is 6.58 Å². The van der Waals surface area contributed by atoms with Gasteiger partial charge in [0.2, 0.25) is 5.43 Å². The quantitative estimate of drug-likeness (QED) is 0.679. The van der Waals surface area contributed by atoms with E-state index in [4.69, 9.17) is 20.8 Å². The largest absolute Gasteiger partial charge is 0.488 e. The molecule has 116 valence electrons. The maximum absolute atomic E-state index is 12.0. The van der Waals surface area contributed by atoms with Crippen molar-refractivity contribution in [1.82, 2.24) is 0 Å². The Labute approximate surface area is 138 Å². The first-order chi connectivity index (χ1) is 11.1. The van der Waals surface area contributed by atoms with Gasteiger partial charge in [-0.2, -0.15) is 0 Å². The summed E-state index contributed by atoms with van der Waals surface area (Å²) in [5.41, 5.74) is 3.16. The van der Waals surface area contributed by atoms with Gasteiger partial charge in [-0.1, -0.05) is 48.5 Å². The predicted octanol–water partition coefficient (Wildman–Crippen LogP) is 4.98. The van der Waals surface area contributed by atoms with Crippen LogP contribution in [0.3, 0.4) is 0 Å². The van der Waals surface area contributed by atoms with E-state index in [-0.39, 0.29) is 10.5 Å². The molecule has 0 unspecified atom stereocenters. The van der Waals surface area contributed by atoms with Crippen LogP contribution in [0.15, 0.2) is 58.5 Å². The number of fused-ring (bicyclic) bond motifs is 1. The Bertz CT molecular complexity index is 924. The van der Waals surface area contributed by atoms with Gasteiger partial charge in [0, 0.05) is 5.56 Å². The molecule has 0 amide bonds. The van der Waals surface area contributed by atoms with Gasteiger partial charge in [-0.05, 0) is 30.2 Å². The number of rotatable bonds is 4. The molecule has 0 saturated heterocycles. The summed E-state index contributed by atoms with van der Waals surface area (Å²) in [4.78, 5) is 12.0. The number of aryl methyl sites for hydroxylation is 1. The number of halogens is 1. The van der Waals surface area contributed by atoms with Gasteiger partial charge in [-0.3, -0.25) is 4.79 Å². The summed E-state index contributed by atoms with van der Waals surface area (Å²) in [5, 5.41) is 0.533. The highest BCUT2D eigenvalue weighted by molar-refractivity contribution is 6.30. The lowest BCUT2D eigenvalue weighted by molar-refractivity contribution is 0.304. The molecule has 0 N–H and O–H groups in total. The van der Waals surface area contributed by atoms with Crippen molar-refractivity contribution >= 4 is 28.6 Å². The summed E-state index contributed by atoms with van der Waals surface area (Å²) < 4.78 is 11.3. The Morgan fingerprint density at radius 1 is 1.22 bits per heavy atom. The molecular weight excluding hydrogens is 312 g/mol. The van der Waals surface area contributed by atoms with Crippen LogP contribution >= 0.6 is 11.6 Å². The number of benzene rings is 2. The lowest BCUT2D eigenvalue weighted by Crippen LogP contribution is -2.03. The van der Waals surface area contributed by atoms with E-state index in [1.165, 1.54) is 6.26 Å². The van der Waals surface area contributed by atoms with Crippen LogP contribution in [0.2, 0.25) is 5.02 Å². The van der Waals surface area contributed by atoms with Crippen LogP contribution in [0.1, 0.15) is 16.7 Å². The first-order valence-electron chi connectivity index (χ1n) is 7.15. The van der Waals surface area contributed by atoms with Gasteiger partial charge in [0.1, 0.15) is 29.2 Å². The van der Waals surface area contributed by atoms with Crippen molar-refractivity contribution in [2.75, 3.05) is 0 Å². The zero-order chi connectivity index (χ0) is 16.4. The number of hydrogen-bond acceptors (Lipinski definition) is 3. The molecule has 0 bridgehead atoms. The minimum Gasteiger partial charge on any atom is -0.488 e. The standard InChI is InChI=1S/C19H15ClO3/c1-3-13-4-6-14(7-5-13)10-22-17-9-8-15-18(21)16(20)11-23-19(15)12(17)2/h3-9,11H,1,10H2,2H3. The van der Waals surface area contributed by atoms with Crippen LogP contribution < -0.4 is 10.2 Å². The monoisotopic (exact) mass is 326 g/mol. The fourth-order valence-electron chi connectivity index (χ4n) is 2.36. The minimum absolute atomic E-state index is 0.0767. The molecule has 3 nitrogen and oxygen atoms in total. The zero-order valence-electron chi connectivity index (χ0n) is 12.6. The molecule has 0 aliphatic heterocycles. The molecule has 0 radical (unpaired) electrons. The van der Waals surface area contributed by atoms with Gasteiger partial charge in [-0.15, -0.1) is 0 Å². The van der Waals surface area contributed by atoms with Crippen molar-refractivity contribution in [2.45, 2.75) is 13.5 Å². The average Bonchev–Trinajstić information content (AvgIpc) is 2.58. The van der Waals surface area contributed by atoms with Gasteiger partial charge < -0.3 is 9.15 Å². The SMILES string of the molecule is C=Cc1ccc(COc2ccc3c(=O)c(Cl)coc3c2C)cc1. The Morgan fingerprint density at radius 2 is 1.96 bits per heavy atom. The second kappa shape index (κ2) is 6.31. The lowest BCUT2D eigenvalue weighted by Gasteiger charge is -2.11. The van der Waals surface area contributed by atoms with E-state index < -0.39 is 0 Å². The van der Waals surface area contributed by atoms with Crippen LogP contribution in [0, 0.1) is 6.92 Å². The van der Waals surface area contributed by atoms with Crippen molar-refractivity contribution in [3.63, 3.8) is 0 Å². The summed E-state index contributed by atoms with van der Waals surface area (Å²) >= 11 is 5.80. The van der Waals surface area contributed by atoms with E-state index in [0.717, 1.165) is 16.7 Å². The van der Waals surface area contributed by atoms with Crippen molar-refractivity contribution in [1.29, 1.82) is 0 Å². The second-order valence-electron chi connectivity index (χ2n) is 5.21. The fraction of sp³-hybridized carbons (Fsp3) is 0.105. The third-order valence-electron chi connectivity index (χ3n) is 3.71. The summed E-state index contributed by atoms with van der Waals surface area (Å²) in [6.07, 6.45) is 3.06. The summed E-state index contributed by atoms with van der Waals surface area (Å²) in [6, 6.07) is 11.4. The maximum atomic E-state index is 12.0. The van der Waals surface area contributed by atoms with Crippen molar-refractivity contribution in [3.05, 3.63) is 81.2 Å².